The van der Waals surface area contributed by atoms with Gasteiger partial charge in [-0.2, -0.15) is 0 Å². The van der Waals surface area contributed by atoms with Gasteiger partial charge in [-0.05, 0) is 44.6 Å². The van der Waals surface area contributed by atoms with Crippen LogP contribution >= 0.6 is 0 Å². The van der Waals surface area contributed by atoms with E-state index in [1.54, 1.807) is 13.8 Å². The van der Waals surface area contributed by atoms with Crippen LogP contribution in [0.1, 0.15) is 51.3 Å². The van der Waals surface area contributed by atoms with E-state index >= 15 is 0 Å². The number of benzene rings is 2. The summed E-state index contributed by atoms with van der Waals surface area (Å²) in [5.41, 5.74) is 1.24. The van der Waals surface area contributed by atoms with Crippen LogP contribution < -0.4 is 14.2 Å². The fourth-order valence-corrected chi connectivity index (χ4v) is 3.55. The molecule has 0 atom stereocenters. The zero-order valence-corrected chi connectivity index (χ0v) is 17.7. The Hall–Kier alpha value is -3.26. The number of esters is 1. The molecule has 0 bridgehead atoms. The Labute approximate surface area is 174 Å². The molecule has 0 unspecified atom stereocenters. The largest absolute Gasteiger partial charge is 0.507 e. The van der Waals surface area contributed by atoms with Gasteiger partial charge >= 0.3 is 11.9 Å². The normalized spacial score (nSPS) is 12.5. The second-order valence-corrected chi connectivity index (χ2v) is 7.06. The highest BCUT2D eigenvalue weighted by atomic mass is 16.6. The van der Waals surface area contributed by atoms with E-state index in [4.69, 9.17) is 14.2 Å². The van der Waals surface area contributed by atoms with Crippen molar-refractivity contribution in [1.82, 2.24) is 4.90 Å². The summed E-state index contributed by atoms with van der Waals surface area (Å²) in [6, 6.07) is 2.82. The van der Waals surface area contributed by atoms with Crippen molar-refractivity contribution in [3.63, 3.8) is 0 Å². The lowest BCUT2D eigenvalue weighted by atomic mass is 10.0. The molecule has 0 aromatic heterocycles. The van der Waals surface area contributed by atoms with Crippen molar-refractivity contribution in [2.75, 3.05) is 20.2 Å². The van der Waals surface area contributed by atoms with E-state index in [1.165, 1.54) is 19.2 Å². The number of carbonyl (C=O) groups excluding carboxylic acids is 1. The van der Waals surface area contributed by atoms with Crippen LogP contribution in [0.25, 0.3) is 0 Å². The monoisotopic (exact) mass is 415 g/mol. The number of carboxylic acid groups (broad SMARTS) is 1. The van der Waals surface area contributed by atoms with Gasteiger partial charge in [-0.1, -0.05) is 13.8 Å². The molecule has 30 heavy (non-hydrogen) atoms. The second kappa shape index (κ2) is 8.23. The van der Waals surface area contributed by atoms with E-state index in [0.29, 0.717) is 23.2 Å². The molecule has 0 fully saturated rings. The van der Waals surface area contributed by atoms with Gasteiger partial charge in [0.05, 0.1) is 12.7 Å². The van der Waals surface area contributed by atoms with Gasteiger partial charge in [-0.15, -0.1) is 0 Å². The highest BCUT2D eigenvalue weighted by Gasteiger charge is 2.34. The maximum atomic E-state index is 13.0. The van der Waals surface area contributed by atoms with Crippen LogP contribution in [0.5, 0.6) is 28.7 Å². The molecule has 1 aliphatic heterocycles. The Morgan fingerprint density at radius 2 is 1.77 bits per heavy atom. The van der Waals surface area contributed by atoms with Crippen LogP contribution in [0.15, 0.2) is 12.1 Å². The lowest BCUT2D eigenvalue weighted by molar-refractivity contribution is 0.0685. The molecule has 0 saturated carbocycles. The number of fused-ring (bicyclic) bond motifs is 2. The highest BCUT2D eigenvalue weighted by molar-refractivity contribution is 6.00. The number of phenolic OH excluding ortho intramolecular Hbond substituents is 1. The Morgan fingerprint density at radius 1 is 1.10 bits per heavy atom. The molecule has 1 heterocycles. The molecule has 8 heteroatoms. The van der Waals surface area contributed by atoms with Crippen LogP contribution in [0.3, 0.4) is 0 Å². The molecule has 8 nitrogen and oxygen atoms in total. The maximum absolute atomic E-state index is 13.0. The average Bonchev–Trinajstić information content (AvgIpc) is 2.85. The summed E-state index contributed by atoms with van der Waals surface area (Å²) < 4.78 is 16.9. The molecule has 160 valence electrons. The summed E-state index contributed by atoms with van der Waals surface area (Å²) in [6.07, 6.45) is 0. The Morgan fingerprint density at radius 3 is 2.33 bits per heavy atom. The lowest BCUT2D eigenvalue weighted by Crippen LogP contribution is -2.23. The fourth-order valence-electron chi connectivity index (χ4n) is 3.55. The predicted molar refractivity (Wildman–Crippen MR) is 109 cm³/mol. The number of aromatic carboxylic acids is 1. The molecule has 0 amide bonds. The van der Waals surface area contributed by atoms with Crippen molar-refractivity contribution in [2.24, 2.45) is 0 Å². The summed E-state index contributed by atoms with van der Waals surface area (Å²) >= 11 is 0. The minimum Gasteiger partial charge on any atom is -0.507 e. The Balaban J connectivity index is 2.31. The first-order chi connectivity index (χ1) is 14.2. The number of aryl methyl sites for hydroxylation is 1. The number of carboxylic acids is 1. The second-order valence-electron chi connectivity index (χ2n) is 7.06. The average molecular weight is 415 g/mol. The first-order valence-corrected chi connectivity index (χ1v) is 9.66. The van der Waals surface area contributed by atoms with Crippen molar-refractivity contribution in [3.05, 3.63) is 39.9 Å². The first-order valence-electron chi connectivity index (χ1n) is 9.66. The summed E-state index contributed by atoms with van der Waals surface area (Å²) in [6.45, 7) is 9.03. The first kappa shape index (κ1) is 21.4. The summed E-state index contributed by atoms with van der Waals surface area (Å²) in [7, 11) is 1.40. The van der Waals surface area contributed by atoms with Gasteiger partial charge in [0.15, 0.2) is 17.2 Å². The zero-order valence-electron chi connectivity index (χ0n) is 17.7. The molecule has 3 rings (SSSR count). The third-order valence-corrected chi connectivity index (χ3v) is 5.32. The van der Waals surface area contributed by atoms with Crippen molar-refractivity contribution >= 4 is 11.9 Å². The predicted octanol–water partition coefficient (Wildman–Crippen LogP) is 3.88. The van der Waals surface area contributed by atoms with Gasteiger partial charge in [0, 0.05) is 12.1 Å². The number of hydrogen-bond donors (Lipinski definition) is 2. The number of hydrogen-bond acceptors (Lipinski definition) is 7. The summed E-state index contributed by atoms with van der Waals surface area (Å²) in [5.74, 6) is -1.72. The van der Waals surface area contributed by atoms with Crippen LogP contribution in [-0.2, 0) is 6.54 Å². The molecule has 1 aliphatic rings. The number of ether oxygens (including phenoxy) is 3. The topological polar surface area (TPSA) is 106 Å². The number of methoxy groups -OCH3 is 1. The molecule has 2 N–H and O–H groups in total. The van der Waals surface area contributed by atoms with E-state index in [-0.39, 0.29) is 39.9 Å². The molecule has 2 aromatic carbocycles. The van der Waals surface area contributed by atoms with Crippen molar-refractivity contribution in [3.8, 4) is 28.7 Å². The van der Waals surface area contributed by atoms with Crippen LogP contribution in [0.4, 0.5) is 0 Å². The van der Waals surface area contributed by atoms with Crippen LogP contribution in [-0.4, -0.2) is 47.3 Å². The number of carbonyl (C=O) groups is 2. The maximum Gasteiger partial charge on any atom is 0.347 e. The van der Waals surface area contributed by atoms with Gasteiger partial charge in [0.1, 0.15) is 22.6 Å². The van der Waals surface area contributed by atoms with Gasteiger partial charge in [0.2, 0.25) is 0 Å². The zero-order chi connectivity index (χ0) is 22.2. The van der Waals surface area contributed by atoms with E-state index in [9.17, 15) is 19.8 Å². The van der Waals surface area contributed by atoms with Crippen LogP contribution in [0, 0.1) is 13.8 Å². The summed E-state index contributed by atoms with van der Waals surface area (Å²) in [5, 5.41) is 20.4. The van der Waals surface area contributed by atoms with E-state index in [2.05, 4.69) is 0 Å². The lowest BCUT2D eigenvalue weighted by Gasteiger charge is -2.22. The van der Waals surface area contributed by atoms with Crippen molar-refractivity contribution < 1.29 is 34.0 Å². The Bertz CT molecular complexity index is 1030. The van der Waals surface area contributed by atoms with Gasteiger partial charge < -0.3 is 24.4 Å². The van der Waals surface area contributed by atoms with Gasteiger partial charge in [0.25, 0.3) is 0 Å². The van der Waals surface area contributed by atoms with Crippen molar-refractivity contribution in [1.29, 1.82) is 0 Å². The molecule has 0 radical (unpaired) electrons. The Kier molecular flexibility index (Phi) is 5.89. The highest BCUT2D eigenvalue weighted by Crippen LogP contribution is 2.48. The third-order valence-electron chi connectivity index (χ3n) is 5.32. The minimum absolute atomic E-state index is 0.0133. The fraction of sp³-hybridized carbons (Fsp3) is 0.364. The van der Waals surface area contributed by atoms with E-state index in [1.807, 2.05) is 18.7 Å². The standard InChI is InChI=1S/C22H25NO7/c1-6-23(7-2)10-14-15(24)8-11(3)17-19(14)29-20-13(21(25)26)9-16(28-5)12(4)18(20)30-22(17)27/h8-9,24H,6-7,10H2,1-5H3,(H,25,26). The molecule has 2 aromatic rings. The van der Waals surface area contributed by atoms with E-state index in [0.717, 1.165) is 13.1 Å². The van der Waals surface area contributed by atoms with E-state index < -0.39 is 11.9 Å². The van der Waals surface area contributed by atoms with Gasteiger partial charge in [-0.25, -0.2) is 9.59 Å². The molecule has 0 aliphatic carbocycles. The van der Waals surface area contributed by atoms with Gasteiger partial charge in [-0.3, -0.25) is 4.90 Å². The van der Waals surface area contributed by atoms with Crippen molar-refractivity contribution in [2.45, 2.75) is 34.2 Å². The molecular weight excluding hydrogens is 390 g/mol. The number of nitrogens with zero attached hydrogens (tertiary/aromatic N) is 1. The smallest absolute Gasteiger partial charge is 0.347 e. The molecule has 0 saturated heterocycles. The quantitative estimate of drug-likeness (QED) is 0.541. The number of phenols is 1. The molecule has 0 spiro atoms. The third kappa shape index (κ3) is 3.54. The minimum atomic E-state index is -1.26. The van der Waals surface area contributed by atoms with Crippen LogP contribution in [0.2, 0.25) is 0 Å². The molecular formula is C22H25NO7. The number of aromatic hydroxyl groups is 1. The summed E-state index contributed by atoms with van der Waals surface area (Å²) in [4.78, 5) is 27.0. The number of rotatable bonds is 6. The SMILES string of the molecule is CCN(CC)Cc1c(O)cc(C)c2c1Oc1c(C(=O)O)cc(OC)c(C)c1OC2=O.